The molecule has 0 aromatic heterocycles. The Labute approximate surface area is 201 Å². The van der Waals surface area contributed by atoms with Crippen LogP contribution in [0.5, 0.6) is 0 Å². The second kappa shape index (κ2) is 14.3. The van der Waals surface area contributed by atoms with Crippen LogP contribution in [0.3, 0.4) is 0 Å². The third-order valence-corrected chi connectivity index (χ3v) is 6.01. The zero-order valence-electron chi connectivity index (χ0n) is 20.8. The normalized spacial score (nSPS) is 25.2. The van der Waals surface area contributed by atoms with Gasteiger partial charge in [0.05, 0.1) is 12.2 Å². The molecule has 1 aromatic rings. The lowest BCUT2D eigenvalue weighted by atomic mass is 9.84. The second-order valence-electron chi connectivity index (χ2n) is 8.19. The van der Waals surface area contributed by atoms with Gasteiger partial charge in [-0.1, -0.05) is 30.3 Å². The highest BCUT2D eigenvalue weighted by atomic mass is 16.7. The highest BCUT2D eigenvalue weighted by molar-refractivity contribution is 5.80. The van der Waals surface area contributed by atoms with Gasteiger partial charge in [-0.2, -0.15) is 0 Å². The first kappa shape index (κ1) is 28.2. The van der Waals surface area contributed by atoms with Crippen molar-refractivity contribution in [2.75, 3.05) is 55.6 Å². The summed E-state index contributed by atoms with van der Waals surface area (Å²) in [6.45, 7) is 1.70. The predicted molar refractivity (Wildman–Crippen MR) is 122 cm³/mol. The van der Waals surface area contributed by atoms with Gasteiger partial charge in [0.25, 0.3) is 0 Å². The molecule has 0 N–H and O–H groups in total. The van der Waals surface area contributed by atoms with Crippen LogP contribution in [0, 0.1) is 11.8 Å². The SMILES string of the molecule is COCO[C@@H]1C(C(CN(C)C(=O)OCc2ccccc2)C(C)=O)[C@H](OCOC)[C@H](OC)[C@@H]1OC. The Morgan fingerprint density at radius 2 is 1.41 bits per heavy atom. The number of hydrogen-bond donors (Lipinski definition) is 0. The van der Waals surface area contributed by atoms with E-state index in [-0.39, 0.29) is 32.5 Å². The van der Waals surface area contributed by atoms with Crippen LogP contribution in [-0.4, -0.2) is 96.8 Å². The summed E-state index contributed by atoms with van der Waals surface area (Å²) >= 11 is 0. The van der Waals surface area contributed by atoms with E-state index in [0.717, 1.165) is 5.56 Å². The number of ketones is 1. The van der Waals surface area contributed by atoms with E-state index < -0.39 is 42.3 Å². The molecule has 0 bridgehead atoms. The van der Waals surface area contributed by atoms with Crippen molar-refractivity contribution in [3.05, 3.63) is 35.9 Å². The minimum Gasteiger partial charge on any atom is -0.445 e. The molecule has 1 aliphatic rings. The molecular formula is C24H37NO9. The zero-order valence-corrected chi connectivity index (χ0v) is 20.8. The molecule has 0 spiro atoms. The maximum Gasteiger partial charge on any atom is 0.409 e. The third-order valence-electron chi connectivity index (χ3n) is 6.01. The fraction of sp³-hybridized carbons (Fsp3) is 0.667. The number of amides is 1. The van der Waals surface area contributed by atoms with E-state index in [9.17, 15) is 9.59 Å². The second-order valence-corrected chi connectivity index (χ2v) is 8.19. The summed E-state index contributed by atoms with van der Waals surface area (Å²) in [5.41, 5.74) is 0.870. The molecule has 0 saturated heterocycles. The molecule has 1 amide bonds. The van der Waals surface area contributed by atoms with E-state index >= 15 is 0 Å². The van der Waals surface area contributed by atoms with Gasteiger partial charge in [0.15, 0.2) is 0 Å². The van der Waals surface area contributed by atoms with Gasteiger partial charge in [-0.15, -0.1) is 0 Å². The highest BCUT2D eigenvalue weighted by Crippen LogP contribution is 2.40. The fourth-order valence-corrected chi connectivity index (χ4v) is 4.42. The van der Waals surface area contributed by atoms with E-state index in [2.05, 4.69) is 0 Å². The lowest BCUT2D eigenvalue weighted by molar-refractivity contribution is -0.153. The summed E-state index contributed by atoms with van der Waals surface area (Å²) in [6, 6.07) is 9.38. The van der Waals surface area contributed by atoms with Gasteiger partial charge in [-0.05, 0) is 12.5 Å². The zero-order chi connectivity index (χ0) is 25.1. The van der Waals surface area contributed by atoms with Crippen molar-refractivity contribution in [1.82, 2.24) is 4.90 Å². The van der Waals surface area contributed by atoms with Crippen LogP contribution in [0.15, 0.2) is 30.3 Å². The molecular weight excluding hydrogens is 446 g/mol. The lowest BCUT2D eigenvalue weighted by Crippen LogP contribution is -2.46. The molecule has 2 rings (SSSR count). The molecule has 0 radical (unpaired) electrons. The fourth-order valence-electron chi connectivity index (χ4n) is 4.42. The molecule has 1 saturated carbocycles. The van der Waals surface area contributed by atoms with E-state index in [4.69, 9.17) is 33.2 Å². The van der Waals surface area contributed by atoms with E-state index in [0.29, 0.717) is 0 Å². The van der Waals surface area contributed by atoms with Gasteiger partial charge in [-0.3, -0.25) is 4.79 Å². The Balaban J connectivity index is 2.24. The average molecular weight is 484 g/mol. The van der Waals surface area contributed by atoms with Gasteiger partial charge in [0, 0.05) is 53.9 Å². The Morgan fingerprint density at radius 1 is 0.882 bits per heavy atom. The van der Waals surface area contributed by atoms with Crippen molar-refractivity contribution < 1.29 is 42.7 Å². The molecule has 6 atom stereocenters. The first-order chi connectivity index (χ1) is 16.4. The first-order valence-electron chi connectivity index (χ1n) is 11.1. The van der Waals surface area contributed by atoms with Gasteiger partial charge in [0.1, 0.15) is 38.2 Å². The van der Waals surface area contributed by atoms with Crippen molar-refractivity contribution in [2.45, 2.75) is 37.9 Å². The maximum absolute atomic E-state index is 12.9. The molecule has 1 aliphatic carbocycles. The molecule has 0 aliphatic heterocycles. The number of carbonyl (C=O) groups excluding carboxylic acids is 2. The molecule has 34 heavy (non-hydrogen) atoms. The van der Waals surface area contributed by atoms with Crippen molar-refractivity contribution in [1.29, 1.82) is 0 Å². The summed E-state index contributed by atoms with van der Waals surface area (Å²) in [6.07, 6.45) is -2.75. The Bertz CT molecular complexity index is 725. The van der Waals surface area contributed by atoms with Crippen LogP contribution in [0.4, 0.5) is 4.79 Å². The van der Waals surface area contributed by atoms with Crippen molar-refractivity contribution in [2.24, 2.45) is 11.8 Å². The molecule has 1 aromatic carbocycles. The van der Waals surface area contributed by atoms with Crippen molar-refractivity contribution in [3.63, 3.8) is 0 Å². The van der Waals surface area contributed by atoms with Crippen LogP contribution < -0.4 is 0 Å². The largest absolute Gasteiger partial charge is 0.445 e. The van der Waals surface area contributed by atoms with Crippen LogP contribution in [0.2, 0.25) is 0 Å². The van der Waals surface area contributed by atoms with E-state index in [1.54, 1.807) is 21.3 Å². The minimum absolute atomic E-state index is 0.00591. The summed E-state index contributed by atoms with van der Waals surface area (Å²) in [5.74, 6) is -1.27. The summed E-state index contributed by atoms with van der Waals surface area (Å²) < 4.78 is 38.9. The Kier molecular flexibility index (Phi) is 11.9. The molecule has 10 nitrogen and oxygen atoms in total. The Hall–Kier alpha value is -2.08. The summed E-state index contributed by atoms with van der Waals surface area (Å²) in [5, 5.41) is 0. The highest BCUT2D eigenvalue weighted by Gasteiger charge is 2.56. The number of nitrogens with zero attached hydrogens (tertiary/aromatic N) is 1. The number of carbonyl (C=O) groups is 2. The van der Waals surface area contributed by atoms with Crippen LogP contribution >= 0.6 is 0 Å². The minimum atomic E-state index is -0.643. The van der Waals surface area contributed by atoms with Crippen LogP contribution in [-0.2, 0) is 44.6 Å². The van der Waals surface area contributed by atoms with Gasteiger partial charge < -0.3 is 38.1 Å². The van der Waals surface area contributed by atoms with Gasteiger partial charge >= 0.3 is 6.09 Å². The number of Topliss-reactive ketones (excluding diaryl/α,β-unsaturated/α-hetero) is 1. The third kappa shape index (κ3) is 7.21. The topological polar surface area (TPSA) is 102 Å². The van der Waals surface area contributed by atoms with Gasteiger partial charge in [-0.25, -0.2) is 4.79 Å². The average Bonchev–Trinajstić information content (AvgIpc) is 3.14. The number of ether oxygens (including phenoxy) is 7. The maximum atomic E-state index is 12.9. The first-order valence-corrected chi connectivity index (χ1v) is 11.1. The predicted octanol–water partition coefficient (Wildman–Crippen LogP) is 2.10. The molecule has 0 heterocycles. The lowest BCUT2D eigenvalue weighted by Gasteiger charge is -2.33. The molecule has 2 unspecified atom stereocenters. The van der Waals surface area contributed by atoms with Crippen molar-refractivity contribution >= 4 is 11.9 Å². The number of hydrogen-bond acceptors (Lipinski definition) is 9. The van der Waals surface area contributed by atoms with Crippen LogP contribution in [0.1, 0.15) is 12.5 Å². The van der Waals surface area contributed by atoms with Crippen LogP contribution in [0.25, 0.3) is 0 Å². The molecule has 10 heteroatoms. The quantitative estimate of drug-likeness (QED) is 0.368. The smallest absolute Gasteiger partial charge is 0.409 e. The molecule has 1 fully saturated rings. The number of rotatable bonds is 14. The number of benzene rings is 1. The summed E-state index contributed by atoms with van der Waals surface area (Å²) in [7, 11) is 7.71. The molecule has 192 valence electrons. The standard InChI is InChI=1S/C24H37NO9/c1-16(26)18(12-25(2)24(27)32-13-17-10-8-7-9-11-17)19-20(33-14-28-3)22(30-5)23(31-6)21(19)34-15-29-4/h7-11,18-23H,12-15H2,1-6H3/t18?,19?,20-,21+,22-,23+. The van der Waals surface area contributed by atoms with Crippen molar-refractivity contribution in [3.8, 4) is 0 Å². The number of methoxy groups -OCH3 is 4. The van der Waals surface area contributed by atoms with E-state index in [1.165, 1.54) is 26.0 Å². The monoisotopic (exact) mass is 483 g/mol. The Morgan fingerprint density at radius 3 is 1.85 bits per heavy atom. The van der Waals surface area contributed by atoms with Gasteiger partial charge in [0.2, 0.25) is 0 Å². The van der Waals surface area contributed by atoms with E-state index in [1.807, 2.05) is 30.3 Å². The summed E-state index contributed by atoms with van der Waals surface area (Å²) in [4.78, 5) is 26.9.